The van der Waals surface area contributed by atoms with Crippen molar-refractivity contribution in [3.8, 4) is 34.5 Å². The Balaban J connectivity index is 1.68. The first-order valence-electron chi connectivity index (χ1n) is 15.5. The molecule has 3 aromatic carbocycles. The lowest BCUT2D eigenvalue weighted by molar-refractivity contribution is -0.134. The molecular formula is C36H35NO12. The molecule has 0 aromatic heterocycles. The van der Waals surface area contributed by atoms with E-state index in [4.69, 9.17) is 28.4 Å². The number of nitrogens with zero attached hydrogens (tertiary/aromatic N) is 1. The molecule has 2 aliphatic heterocycles. The monoisotopic (exact) mass is 673 g/mol. The van der Waals surface area contributed by atoms with Gasteiger partial charge in [0.2, 0.25) is 0 Å². The summed E-state index contributed by atoms with van der Waals surface area (Å²) in [6, 6.07) is 10.9. The lowest BCUT2D eigenvalue weighted by Crippen LogP contribution is -2.43. The van der Waals surface area contributed by atoms with Gasteiger partial charge >= 0.3 is 35.8 Å². The second-order valence-corrected chi connectivity index (χ2v) is 11.7. The summed E-state index contributed by atoms with van der Waals surface area (Å²) in [4.78, 5) is 74.3. The molecule has 0 N–H and O–H groups in total. The Morgan fingerprint density at radius 3 is 1.69 bits per heavy atom. The summed E-state index contributed by atoms with van der Waals surface area (Å²) in [7, 11) is 0. The molecular weight excluding hydrogens is 638 g/mol. The maximum Gasteiger partial charge on any atom is 0.308 e. The number of carbonyl (C=O) groups excluding carboxylic acids is 6. The minimum Gasteiger partial charge on any atom is -0.423 e. The summed E-state index contributed by atoms with van der Waals surface area (Å²) >= 11 is 0. The Bertz CT molecular complexity index is 1880. The molecule has 0 saturated carbocycles. The van der Waals surface area contributed by atoms with Crippen LogP contribution in [0.4, 0.5) is 0 Å². The van der Waals surface area contributed by atoms with Gasteiger partial charge in [0, 0.05) is 65.7 Å². The molecule has 0 spiro atoms. The van der Waals surface area contributed by atoms with E-state index in [-0.39, 0.29) is 47.0 Å². The van der Waals surface area contributed by atoms with Crippen molar-refractivity contribution in [1.29, 1.82) is 0 Å². The van der Waals surface area contributed by atoms with Crippen LogP contribution >= 0.6 is 0 Å². The molecule has 0 amide bonds. The molecule has 13 nitrogen and oxygen atoms in total. The number of fused-ring (bicyclic) bond motifs is 4. The molecule has 0 saturated heterocycles. The number of hydrogen-bond acceptors (Lipinski definition) is 13. The highest BCUT2D eigenvalue weighted by Gasteiger charge is 2.42. The van der Waals surface area contributed by atoms with Crippen molar-refractivity contribution in [2.45, 2.75) is 72.9 Å². The molecule has 5 rings (SSSR count). The summed E-state index contributed by atoms with van der Waals surface area (Å²) in [5, 5.41) is 0. The predicted octanol–water partition coefficient (Wildman–Crippen LogP) is 4.68. The van der Waals surface area contributed by atoms with Crippen molar-refractivity contribution in [2.75, 3.05) is 6.54 Å². The van der Waals surface area contributed by atoms with Crippen LogP contribution < -0.4 is 28.4 Å². The van der Waals surface area contributed by atoms with Gasteiger partial charge in [0.15, 0.2) is 34.5 Å². The highest BCUT2D eigenvalue weighted by atomic mass is 16.6. The number of benzene rings is 3. The molecule has 0 unspecified atom stereocenters. The summed E-state index contributed by atoms with van der Waals surface area (Å²) in [5.41, 5.74) is 3.87. The third kappa shape index (κ3) is 7.95. The van der Waals surface area contributed by atoms with E-state index in [1.165, 1.54) is 47.6 Å². The number of esters is 6. The van der Waals surface area contributed by atoms with E-state index in [1.54, 1.807) is 30.3 Å². The minimum atomic E-state index is -0.612. The smallest absolute Gasteiger partial charge is 0.308 e. The Morgan fingerprint density at radius 1 is 0.592 bits per heavy atom. The van der Waals surface area contributed by atoms with Crippen LogP contribution in [0.3, 0.4) is 0 Å². The standard InChI is InChI=1S/C36H35NO12/c1-18(38)44-30-9-7-24(14-32(30)46-20(3)40)13-29-35-26(8-10-31(45-19(2)39)36(35)49-23(6)43)15-28-27-17-34(48-22(5)42)33(47-21(4)41)16-25(27)11-12-37(28)29/h7-10,14,16-17,28-29H,11-13,15H2,1-6H3/t28-,29+/m1/s1. The Hall–Kier alpha value is -5.56. The maximum atomic E-state index is 12.4. The quantitative estimate of drug-likeness (QED) is 0.240. The molecule has 2 aliphatic rings. The van der Waals surface area contributed by atoms with Crippen LogP contribution in [0.5, 0.6) is 34.5 Å². The van der Waals surface area contributed by atoms with Crippen LogP contribution in [0.25, 0.3) is 0 Å². The summed E-state index contributed by atoms with van der Waals surface area (Å²) in [6.07, 6.45) is 1.24. The highest BCUT2D eigenvalue weighted by molar-refractivity contribution is 5.77. The van der Waals surface area contributed by atoms with Crippen LogP contribution in [0.1, 0.15) is 81.4 Å². The van der Waals surface area contributed by atoms with Gasteiger partial charge in [-0.25, -0.2) is 0 Å². The average molecular weight is 674 g/mol. The van der Waals surface area contributed by atoms with Gasteiger partial charge in [-0.2, -0.15) is 0 Å². The fourth-order valence-electron chi connectivity index (χ4n) is 6.42. The first kappa shape index (κ1) is 34.8. The van der Waals surface area contributed by atoms with Gasteiger partial charge in [-0.15, -0.1) is 0 Å². The lowest BCUT2D eigenvalue weighted by atomic mass is 9.78. The topological polar surface area (TPSA) is 161 Å². The fraction of sp³-hybridized carbons (Fsp3) is 0.333. The van der Waals surface area contributed by atoms with Crippen molar-refractivity contribution in [3.05, 3.63) is 70.3 Å². The van der Waals surface area contributed by atoms with Crippen molar-refractivity contribution < 1.29 is 57.2 Å². The zero-order valence-corrected chi connectivity index (χ0v) is 27.9. The molecule has 2 atom stereocenters. The van der Waals surface area contributed by atoms with Crippen molar-refractivity contribution in [1.82, 2.24) is 4.90 Å². The molecule has 13 heteroatoms. The second-order valence-electron chi connectivity index (χ2n) is 11.7. The number of carbonyl (C=O) groups is 6. The zero-order chi connectivity index (χ0) is 35.6. The average Bonchev–Trinajstić information content (AvgIpc) is 2.98. The molecule has 256 valence electrons. The van der Waals surface area contributed by atoms with E-state index < -0.39 is 41.9 Å². The van der Waals surface area contributed by atoms with Crippen LogP contribution in [-0.2, 0) is 48.0 Å². The lowest BCUT2D eigenvalue weighted by Gasteiger charge is -2.47. The van der Waals surface area contributed by atoms with Crippen LogP contribution in [0.15, 0.2) is 42.5 Å². The van der Waals surface area contributed by atoms with Crippen LogP contribution in [0, 0.1) is 0 Å². The summed E-state index contributed by atoms with van der Waals surface area (Å²) < 4.78 is 32.7. The molecule has 0 radical (unpaired) electrons. The first-order chi connectivity index (χ1) is 23.2. The third-order valence-electron chi connectivity index (χ3n) is 7.95. The number of hydrogen-bond donors (Lipinski definition) is 0. The van der Waals surface area contributed by atoms with Gasteiger partial charge < -0.3 is 28.4 Å². The van der Waals surface area contributed by atoms with Gasteiger partial charge in [-0.05, 0) is 71.8 Å². The Morgan fingerprint density at radius 2 is 1.10 bits per heavy atom. The van der Waals surface area contributed by atoms with Gasteiger partial charge in [-0.1, -0.05) is 12.1 Å². The molecule has 0 aliphatic carbocycles. The van der Waals surface area contributed by atoms with Gasteiger partial charge in [0.1, 0.15) is 0 Å². The van der Waals surface area contributed by atoms with E-state index in [1.807, 2.05) is 6.07 Å². The van der Waals surface area contributed by atoms with Gasteiger partial charge in [0.25, 0.3) is 0 Å². The second kappa shape index (κ2) is 14.3. The Kier molecular flexibility index (Phi) is 10.1. The van der Waals surface area contributed by atoms with E-state index in [0.29, 0.717) is 30.5 Å². The van der Waals surface area contributed by atoms with E-state index in [0.717, 1.165) is 16.7 Å². The van der Waals surface area contributed by atoms with Crippen molar-refractivity contribution in [2.24, 2.45) is 0 Å². The van der Waals surface area contributed by atoms with Crippen molar-refractivity contribution >= 4 is 35.8 Å². The van der Waals surface area contributed by atoms with Crippen LogP contribution in [0.2, 0.25) is 0 Å². The number of rotatable bonds is 8. The minimum absolute atomic E-state index is 0.0506. The zero-order valence-electron chi connectivity index (χ0n) is 27.9. The predicted molar refractivity (Wildman–Crippen MR) is 170 cm³/mol. The Labute approximate surface area is 282 Å². The molecule has 2 heterocycles. The third-order valence-corrected chi connectivity index (χ3v) is 7.95. The van der Waals surface area contributed by atoms with E-state index >= 15 is 0 Å². The highest BCUT2D eigenvalue weighted by Crippen LogP contribution is 2.52. The normalized spacial score (nSPS) is 16.2. The molecule has 3 aromatic rings. The van der Waals surface area contributed by atoms with E-state index in [9.17, 15) is 28.8 Å². The fourth-order valence-corrected chi connectivity index (χ4v) is 6.42. The van der Waals surface area contributed by atoms with Crippen LogP contribution in [-0.4, -0.2) is 47.3 Å². The largest absolute Gasteiger partial charge is 0.423 e. The summed E-state index contributed by atoms with van der Waals surface area (Å²) in [5.74, 6) is -3.02. The first-order valence-corrected chi connectivity index (χ1v) is 15.5. The molecule has 0 bridgehead atoms. The SMILES string of the molecule is CC(=O)Oc1ccc(C[C@H]2c3c(ccc(OC(C)=O)c3OC(C)=O)C[C@@H]3c4cc(OC(C)=O)c(OC(C)=O)cc4CCN32)cc1OC(C)=O. The van der Waals surface area contributed by atoms with Gasteiger partial charge in [-0.3, -0.25) is 33.7 Å². The van der Waals surface area contributed by atoms with E-state index in [2.05, 4.69) is 4.90 Å². The van der Waals surface area contributed by atoms with Gasteiger partial charge in [0.05, 0.1) is 0 Å². The molecule has 0 fully saturated rings. The van der Waals surface area contributed by atoms with Crippen molar-refractivity contribution in [3.63, 3.8) is 0 Å². The summed E-state index contributed by atoms with van der Waals surface area (Å²) in [6.45, 7) is 7.99. The maximum absolute atomic E-state index is 12.4. The number of ether oxygens (including phenoxy) is 6. The molecule has 49 heavy (non-hydrogen) atoms.